The molecule has 0 saturated heterocycles. The minimum absolute atomic E-state index is 0.0213. The lowest BCUT2D eigenvalue weighted by atomic mass is 10.0. The summed E-state index contributed by atoms with van der Waals surface area (Å²) < 4.78 is 0. The number of hydrogen-bond donors (Lipinski definition) is 1. The van der Waals surface area contributed by atoms with Gasteiger partial charge in [0.25, 0.3) is 11.8 Å². The number of anilines is 1. The van der Waals surface area contributed by atoms with Gasteiger partial charge < -0.3 is 10.2 Å². The van der Waals surface area contributed by atoms with Crippen molar-refractivity contribution in [1.82, 2.24) is 4.90 Å². The van der Waals surface area contributed by atoms with E-state index in [-0.39, 0.29) is 11.8 Å². The van der Waals surface area contributed by atoms with Gasteiger partial charge in [0, 0.05) is 39.0 Å². The number of carbonyl (C=O) groups is 2. The first kappa shape index (κ1) is 18.9. The quantitative estimate of drug-likeness (QED) is 0.646. The smallest absolute Gasteiger partial charge is 0.256 e. The lowest BCUT2D eigenvalue weighted by Gasteiger charge is -2.28. The normalized spacial score (nSPS) is 13.3. The number of nitrogens with one attached hydrogen (secondary N) is 1. The summed E-state index contributed by atoms with van der Waals surface area (Å²) in [7, 11) is 0. The molecule has 0 atom stereocenters. The second-order valence-electron chi connectivity index (χ2n) is 7.10. The predicted molar refractivity (Wildman–Crippen MR) is 116 cm³/mol. The van der Waals surface area contributed by atoms with E-state index < -0.39 is 0 Å². The van der Waals surface area contributed by atoms with Crippen LogP contribution in [0.25, 0.3) is 0 Å². The zero-order chi connectivity index (χ0) is 19.8. The van der Waals surface area contributed by atoms with Gasteiger partial charge in [-0.15, -0.1) is 22.7 Å². The molecule has 2 amide bonds. The number of nitrogens with zero attached hydrogens (tertiary/aromatic N) is 1. The topological polar surface area (TPSA) is 49.4 Å². The number of benzene rings is 1. The number of thiophene rings is 2. The maximum atomic E-state index is 13.1. The highest BCUT2D eigenvalue weighted by Crippen LogP contribution is 2.28. The lowest BCUT2D eigenvalue weighted by molar-refractivity contribution is 0.0735. The van der Waals surface area contributed by atoms with Crippen LogP contribution in [0.5, 0.6) is 0 Å². The van der Waals surface area contributed by atoms with Crippen LogP contribution in [0.2, 0.25) is 0 Å². The first-order valence-corrected chi connectivity index (χ1v) is 11.0. The summed E-state index contributed by atoms with van der Waals surface area (Å²) in [5.74, 6) is -0.108. The number of fused-ring (bicyclic) bond motifs is 1. The maximum absolute atomic E-state index is 13.1. The molecule has 0 fully saturated rings. The zero-order valence-corrected chi connectivity index (χ0v) is 17.8. The summed E-state index contributed by atoms with van der Waals surface area (Å²) in [6.45, 7) is 7.23. The largest absolute Gasteiger partial charge is 0.334 e. The Hall–Kier alpha value is -2.44. The van der Waals surface area contributed by atoms with Gasteiger partial charge in [0.05, 0.1) is 5.56 Å². The van der Waals surface area contributed by atoms with Crippen LogP contribution in [0.1, 0.15) is 46.5 Å². The number of carbonyl (C=O) groups excluding carboxylic acids is 2. The Balaban J connectivity index is 1.56. The van der Waals surface area contributed by atoms with Crippen LogP contribution in [0, 0.1) is 20.8 Å². The fourth-order valence-electron chi connectivity index (χ4n) is 3.64. The molecule has 0 unspecified atom stereocenters. The average Bonchev–Trinajstić information content (AvgIpc) is 3.27. The standard InChI is InChI=1S/C22H22N2O2S2/c1-13-11-18(15(3)28-13)21(25)23-19-6-4-5-17(14(19)2)22(26)24-9-7-20-16(12-24)8-10-27-20/h4-6,8,10-11H,7,9,12H2,1-3H3,(H,23,25). The third-order valence-electron chi connectivity index (χ3n) is 5.19. The molecule has 0 bridgehead atoms. The maximum Gasteiger partial charge on any atom is 0.256 e. The monoisotopic (exact) mass is 410 g/mol. The van der Waals surface area contributed by atoms with E-state index in [1.165, 1.54) is 10.4 Å². The SMILES string of the molecule is Cc1cc(C(=O)Nc2cccc(C(=O)N3CCc4sccc4C3)c2C)c(C)s1. The Labute approximate surface area is 172 Å². The van der Waals surface area contributed by atoms with E-state index in [1.807, 2.05) is 49.9 Å². The van der Waals surface area contributed by atoms with Crippen LogP contribution in [-0.2, 0) is 13.0 Å². The van der Waals surface area contributed by atoms with Crippen molar-refractivity contribution in [1.29, 1.82) is 0 Å². The molecular formula is C22H22N2O2S2. The van der Waals surface area contributed by atoms with Gasteiger partial charge in [0.1, 0.15) is 0 Å². The minimum atomic E-state index is -0.129. The van der Waals surface area contributed by atoms with Crippen LogP contribution in [0.4, 0.5) is 5.69 Å². The van der Waals surface area contributed by atoms with Gasteiger partial charge in [-0.05, 0) is 68.0 Å². The molecule has 1 aromatic carbocycles. The van der Waals surface area contributed by atoms with E-state index in [4.69, 9.17) is 0 Å². The fourth-order valence-corrected chi connectivity index (χ4v) is 5.45. The number of aryl methyl sites for hydroxylation is 2. The van der Waals surface area contributed by atoms with Crippen LogP contribution in [0.15, 0.2) is 35.7 Å². The molecule has 0 radical (unpaired) electrons. The van der Waals surface area contributed by atoms with Crippen LogP contribution in [0.3, 0.4) is 0 Å². The predicted octanol–water partition coefficient (Wildman–Crippen LogP) is 5.19. The third-order valence-corrected chi connectivity index (χ3v) is 7.18. The molecule has 3 aromatic rings. The molecule has 144 valence electrons. The van der Waals surface area contributed by atoms with Gasteiger partial charge in [-0.2, -0.15) is 0 Å². The summed E-state index contributed by atoms with van der Waals surface area (Å²) in [4.78, 5) is 31.2. The first-order valence-electron chi connectivity index (χ1n) is 9.26. The Morgan fingerprint density at radius 1 is 1.11 bits per heavy atom. The molecule has 1 aliphatic rings. The van der Waals surface area contributed by atoms with Gasteiger partial charge in [0.2, 0.25) is 0 Å². The summed E-state index contributed by atoms with van der Waals surface area (Å²) in [6, 6.07) is 9.55. The van der Waals surface area contributed by atoms with E-state index in [9.17, 15) is 9.59 Å². The highest BCUT2D eigenvalue weighted by atomic mass is 32.1. The number of hydrogen-bond acceptors (Lipinski definition) is 4. The Bertz CT molecular complexity index is 1060. The van der Waals surface area contributed by atoms with Gasteiger partial charge in [-0.3, -0.25) is 9.59 Å². The molecule has 1 aliphatic heterocycles. The molecule has 6 heteroatoms. The highest BCUT2D eigenvalue weighted by molar-refractivity contribution is 7.12. The van der Waals surface area contributed by atoms with Gasteiger partial charge in [-0.1, -0.05) is 6.07 Å². The van der Waals surface area contributed by atoms with Crippen LogP contribution in [-0.4, -0.2) is 23.3 Å². The Morgan fingerprint density at radius 3 is 2.68 bits per heavy atom. The van der Waals surface area contributed by atoms with Crippen molar-refractivity contribution in [3.63, 3.8) is 0 Å². The molecule has 1 N–H and O–H groups in total. The number of rotatable bonds is 3. The zero-order valence-electron chi connectivity index (χ0n) is 16.2. The molecule has 28 heavy (non-hydrogen) atoms. The van der Waals surface area contributed by atoms with Crippen LogP contribution < -0.4 is 5.32 Å². The van der Waals surface area contributed by atoms with E-state index in [0.717, 1.165) is 28.3 Å². The summed E-state index contributed by atoms with van der Waals surface area (Å²) in [6.07, 6.45) is 0.908. The highest BCUT2D eigenvalue weighted by Gasteiger charge is 2.24. The van der Waals surface area contributed by atoms with E-state index >= 15 is 0 Å². The molecule has 2 aromatic heterocycles. The van der Waals surface area contributed by atoms with E-state index in [1.54, 1.807) is 22.7 Å². The second-order valence-corrected chi connectivity index (χ2v) is 9.57. The van der Waals surface area contributed by atoms with Gasteiger partial charge >= 0.3 is 0 Å². The van der Waals surface area contributed by atoms with Gasteiger partial charge in [-0.25, -0.2) is 0 Å². The van der Waals surface area contributed by atoms with Crippen molar-refractivity contribution in [2.24, 2.45) is 0 Å². The Morgan fingerprint density at radius 2 is 1.93 bits per heavy atom. The van der Waals surface area contributed by atoms with E-state index in [0.29, 0.717) is 23.4 Å². The molecule has 0 saturated carbocycles. The molecule has 0 aliphatic carbocycles. The fraction of sp³-hybridized carbons (Fsp3) is 0.273. The Kier molecular flexibility index (Phi) is 5.08. The molecule has 4 nitrogen and oxygen atoms in total. The summed E-state index contributed by atoms with van der Waals surface area (Å²) in [5, 5.41) is 5.08. The minimum Gasteiger partial charge on any atom is -0.334 e. The first-order chi connectivity index (χ1) is 13.4. The summed E-state index contributed by atoms with van der Waals surface area (Å²) >= 11 is 3.38. The molecular weight excluding hydrogens is 388 g/mol. The molecule has 4 rings (SSSR count). The number of amides is 2. The third kappa shape index (κ3) is 3.50. The second kappa shape index (κ2) is 7.53. The van der Waals surface area contributed by atoms with Gasteiger partial charge in [0.15, 0.2) is 0 Å². The van der Waals surface area contributed by atoms with Crippen molar-refractivity contribution >= 4 is 40.2 Å². The summed E-state index contributed by atoms with van der Waals surface area (Å²) in [5.41, 5.74) is 4.08. The lowest BCUT2D eigenvalue weighted by Crippen LogP contribution is -2.35. The molecule has 3 heterocycles. The van der Waals surface area contributed by atoms with Crippen molar-refractivity contribution in [2.75, 3.05) is 11.9 Å². The van der Waals surface area contributed by atoms with Crippen molar-refractivity contribution < 1.29 is 9.59 Å². The average molecular weight is 411 g/mol. The van der Waals surface area contributed by atoms with Crippen LogP contribution >= 0.6 is 22.7 Å². The molecule has 0 spiro atoms. The van der Waals surface area contributed by atoms with Crippen molar-refractivity contribution in [2.45, 2.75) is 33.7 Å². The van der Waals surface area contributed by atoms with E-state index in [2.05, 4.69) is 16.8 Å². The van der Waals surface area contributed by atoms with Crippen molar-refractivity contribution in [3.8, 4) is 0 Å². The van der Waals surface area contributed by atoms with Crippen molar-refractivity contribution in [3.05, 3.63) is 72.6 Å².